The van der Waals surface area contributed by atoms with Crippen LogP contribution in [0.1, 0.15) is 27.6 Å². The van der Waals surface area contributed by atoms with Crippen LogP contribution in [0.5, 0.6) is 0 Å². The molecule has 7 nitrogen and oxygen atoms in total. The minimum Gasteiger partial charge on any atom is -0.466 e. The maximum atomic E-state index is 13.1. The number of carbonyl (C=O) groups excluding carboxylic acids is 1. The van der Waals surface area contributed by atoms with Crippen molar-refractivity contribution in [1.29, 1.82) is 0 Å². The predicted molar refractivity (Wildman–Crippen MR) is 99.7 cm³/mol. The second kappa shape index (κ2) is 7.09. The maximum Gasteiger partial charge on any atom is 0.259 e. The topological polar surface area (TPSA) is 84.4 Å². The van der Waals surface area contributed by atoms with Crippen LogP contribution < -0.4 is 5.32 Å². The summed E-state index contributed by atoms with van der Waals surface area (Å²) < 4.78 is 11.0. The van der Waals surface area contributed by atoms with Gasteiger partial charge in [0.05, 0.1) is 22.3 Å². The number of halogens is 1. The fourth-order valence-electron chi connectivity index (χ4n) is 3.32. The molecule has 0 unspecified atom stereocenters. The Labute approximate surface area is 157 Å². The molecule has 0 atom stereocenters. The van der Waals surface area contributed by atoms with E-state index in [0.717, 1.165) is 30.2 Å². The molecular formula is C18H21ClN4O3. The highest BCUT2D eigenvalue weighted by atomic mass is 35.5. The zero-order valence-electron chi connectivity index (χ0n) is 15.0. The predicted octanol–water partition coefficient (Wildman–Crippen LogP) is 2.88. The van der Waals surface area contributed by atoms with Crippen LogP contribution in [0.25, 0.3) is 22.4 Å². The van der Waals surface area contributed by atoms with E-state index < -0.39 is 0 Å². The molecule has 3 aromatic rings. The Balaban J connectivity index is 0.00000196. The van der Waals surface area contributed by atoms with Gasteiger partial charge in [-0.1, -0.05) is 5.16 Å². The lowest BCUT2D eigenvalue weighted by molar-refractivity contribution is 0.0737. The lowest BCUT2D eigenvalue weighted by Crippen LogP contribution is -2.46. The second-order valence-electron chi connectivity index (χ2n) is 6.37. The van der Waals surface area contributed by atoms with Crippen molar-refractivity contribution >= 4 is 29.4 Å². The van der Waals surface area contributed by atoms with E-state index in [1.54, 1.807) is 0 Å². The number of piperazine rings is 1. The highest BCUT2D eigenvalue weighted by Crippen LogP contribution is 2.31. The van der Waals surface area contributed by atoms with E-state index in [4.69, 9.17) is 8.94 Å². The molecule has 0 radical (unpaired) electrons. The Morgan fingerprint density at radius 1 is 1.19 bits per heavy atom. The summed E-state index contributed by atoms with van der Waals surface area (Å²) in [5.41, 5.74) is 3.16. The molecule has 0 bridgehead atoms. The summed E-state index contributed by atoms with van der Waals surface area (Å²) in [6, 6.07) is 3.75. The Morgan fingerprint density at radius 3 is 2.58 bits per heavy atom. The first-order valence-corrected chi connectivity index (χ1v) is 8.39. The number of hydrogen-bond acceptors (Lipinski definition) is 6. The van der Waals surface area contributed by atoms with Crippen molar-refractivity contribution in [2.24, 2.45) is 0 Å². The van der Waals surface area contributed by atoms with E-state index in [9.17, 15) is 4.79 Å². The number of rotatable bonds is 2. The largest absolute Gasteiger partial charge is 0.466 e. The number of pyridine rings is 1. The van der Waals surface area contributed by atoms with Crippen molar-refractivity contribution in [3.8, 4) is 11.3 Å². The Bertz CT molecular complexity index is 957. The fourth-order valence-corrected chi connectivity index (χ4v) is 3.32. The summed E-state index contributed by atoms with van der Waals surface area (Å²) >= 11 is 0. The van der Waals surface area contributed by atoms with Crippen LogP contribution in [0.3, 0.4) is 0 Å². The number of amides is 1. The van der Waals surface area contributed by atoms with Crippen molar-refractivity contribution < 1.29 is 13.7 Å². The van der Waals surface area contributed by atoms with Crippen LogP contribution in [0, 0.1) is 20.8 Å². The standard InChI is InChI=1S/C18H20N4O3.ClH/c1-10-8-13(12(3)24-10)15-9-14(16-11(2)21-25-17(16)20-15)18(23)22-6-4-19-5-7-22;/h8-9,19H,4-7H2,1-3H3;1H. The Morgan fingerprint density at radius 2 is 1.92 bits per heavy atom. The van der Waals surface area contributed by atoms with E-state index in [0.29, 0.717) is 41.1 Å². The highest BCUT2D eigenvalue weighted by molar-refractivity contribution is 6.07. The average Bonchev–Trinajstić information content (AvgIpc) is 3.16. The van der Waals surface area contributed by atoms with Crippen molar-refractivity contribution in [1.82, 2.24) is 20.4 Å². The normalized spacial score (nSPS) is 14.5. The van der Waals surface area contributed by atoms with Crippen molar-refractivity contribution in [3.63, 3.8) is 0 Å². The van der Waals surface area contributed by atoms with E-state index in [2.05, 4.69) is 15.5 Å². The number of fused-ring (bicyclic) bond motifs is 1. The summed E-state index contributed by atoms with van der Waals surface area (Å²) in [4.78, 5) is 19.5. The number of nitrogens with zero attached hydrogens (tertiary/aromatic N) is 3. The van der Waals surface area contributed by atoms with Crippen LogP contribution in [0.2, 0.25) is 0 Å². The molecule has 0 spiro atoms. The molecule has 8 heteroatoms. The van der Waals surface area contributed by atoms with Gasteiger partial charge in [-0.3, -0.25) is 4.79 Å². The van der Waals surface area contributed by atoms with Crippen LogP contribution in [0.15, 0.2) is 21.1 Å². The van der Waals surface area contributed by atoms with Crippen molar-refractivity contribution in [3.05, 3.63) is 34.9 Å². The van der Waals surface area contributed by atoms with Crippen molar-refractivity contribution in [2.75, 3.05) is 26.2 Å². The Hall–Kier alpha value is -2.38. The van der Waals surface area contributed by atoms with Crippen LogP contribution in [0.4, 0.5) is 0 Å². The average molecular weight is 377 g/mol. The van der Waals surface area contributed by atoms with E-state index in [-0.39, 0.29) is 18.3 Å². The zero-order chi connectivity index (χ0) is 17.6. The van der Waals surface area contributed by atoms with Crippen molar-refractivity contribution in [2.45, 2.75) is 20.8 Å². The summed E-state index contributed by atoms with van der Waals surface area (Å²) in [7, 11) is 0. The number of carbonyl (C=O) groups is 1. The molecule has 0 saturated carbocycles. The van der Waals surface area contributed by atoms with E-state index >= 15 is 0 Å². The molecule has 0 aliphatic carbocycles. The molecule has 1 N–H and O–H groups in total. The van der Waals surface area contributed by atoms with Gasteiger partial charge in [0.15, 0.2) is 0 Å². The van der Waals surface area contributed by atoms with Gasteiger partial charge < -0.3 is 19.2 Å². The van der Waals surface area contributed by atoms with Gasteiger partial charge in [-0.25, -0.2) is 4.98 Å². The molecule has 1 aliphatic rings. The molecule has 26 heavy (non-hydrogen) atoms. The molecular weight excluding hydrogens is 356 g/mol. The summed E-state index contributed by atoms with van der Waals surface area (Å²) in [5.74, 6) is 1.55. The van der Waals surface area contributed by atoms with Crippen LogP contribution >= 0.6 is 12.4 Å². The highest BCUT2D eigenvalue weighted by Gasteiger charge is 2.25. The van der Waals surface area contributed by atoms with Crippen LogP contribution in [-0.4, -0.2) is 47.1 Å². The monoisotopic (exact) mass is 376 g/mol. The molecule has 1 saturated heterocycles. The SMILES string of the molecule is Cc1cc(-c2cc(C(=O)N3CCNCC3)c3c(C)noc3n2)c(C)o1.Cl. The first-order valence-electron chi connectivity index (χ1n) is 8.39. The molecule has 1 aliphatic heterocycles. The van der Waals surface area contributed by atoms with Gasteiger partial charge in [0.2, 0.25) is 0 Å². The summed E-state index contributed by atoms with van der Waals surface area (Å²) in [6.07, 6.45) is 0. The van der Waals surface area contributed by atoms with Gasteiger partial charge in [0.1, 0.15) is 11.5 Å². The van der Waals surface area contributed by atoms with Gasteiger partial charge in [-0.2, -0.15) is 0 Å². The number of nitrogens with one attached hydrogen (secondary N) is 1. The van der Waals surface area contributed by atoms with Gasteiger partial charge in [0, 0.05) is 31.7 Å². The lowest BCUT2D eigenvalue weighted by Gasteiger charge is -2.27. The number of furan rings is 1. The smallest absolute Gasteiger partial charge is 0.259 e. The maximum absolute atomic E-state index is 13.1. The Kier molecular flexibility index (Phi) is 5.02. The third-order valence-electron chi connectivity index (χ3n) is 4.57. The molecule has 1 fully saturated rings. The minimum atomic E-state index is -0.0145. The number of hydrogen-bond donors (Lipinski definition) is 1. The third-order valence-corrected chi connectivity index (χ3v) is 4.57. The zero-order valence-corrected chi connectivity index (χ0v) is 15.8. The fraction of sp³-hybridized carbons (Fsp3) is 0.389. The molecule has 1 amide bonds. The van der Waals surface area contributed by atoms with Gasteiger partial charge in [0.25, 0.3) is 11.6 Å². The minimum absolute atomic E-state index is 0. The summed E-state index contributed by atoms with van der Waals surface area (Å²) in [5, 5.41) is 7.95. The molecule has 4 rings (SSSR count). The van der Waals surface area contributed by atoms with Crippen LogP contribution in [-0.2, 0) is 0 Å². The number of aromatic nitrogens is 2. The molecule has 4 heterocycles. The quantitative estimate of drug-likeness (QED) is 0.740. The molecule has 3 aromatic heterocycles. The lowest BCUT2D eigenvalue weighted by atomic mass is 10.0. The first-order chi connectivity index (χ1) is 12.0. The van der Waals surface area contributed by atoms with Gasteiger partial charge in [-0.15, -0.1) is 12.4 Å². The summed E-state index contributed by atoms with van der Waals surface area (Å²) in [6.45, 7) is 8.58. The number of aryl methyl sites for hydroxylation is 3. The van der Waals surface area contributed by atoms with E-state index in [1.165, 1.54) is 0 Å². The molecule has 0 aromatic carbocycles. The van der Waals surface area contributed by atoms with Gasteiger partial charge in [-0.05, 0) is 32.9 Å². The first kappa shape index (κ1) is 18.4. The van der Waals surface area contributed by atoms with E-state index in [1.807, 2.05) is 37.8 Å². The third kappa shape index (κ3) is 3.08. The van der Waals surface area contributed by atoms with Gasteiger partial charge >= 0.3 is 0 Å². The molecule has 138 valence electrons. The second-order valence-corrected chi connectivity index (χ2v) is 6.37.